The Labute approximate surface area is 158 Å². The van der Waals surface area contributed by atoms with Crippen LogP contribution in [0.3, 0.4) is 0 Å². The number of sulfonamides is 1. The van der Waals surface area contributed by atoms with E-state index in [0.29, 0.717) is 28.8 Å². The van der Waals surface area contributed by atoms with E-state index in [1.165, 1.54) is 14.2 Å². The summed E-state index contributed by atoms with van der Waals surface area (Å²) in [5.74, 6) is -0.948. The van der Waals surface area contributed by atoms with Crippen LogP contribution in [-0.2, 0) is 10.0 Å². The minimum Gasteiger partial charge on any atom is -0.497 e. The highest BCUT2D eigenvalue weighted by molar-refractivity contribution is 7.93. The van der Waals surface area contributed by atoms with E-state index in [1.807, 2.05) is 0 Å². The van der Waals surface area contributed by atoms with Gasteiger partial charge in [-0.25, -0.2) is 22.2 Å². The van der Waals surface area contributed by atoms with Gasteiger partial charge in [-0.15, -0.1) is 11.3 Å². The van der Waals surface area contributed by atoms with Gasteiger partial charge < -0.3 is 9.47 Å². The Balaban J connectivity index is 1.93. The van der Waals surface area contributed by atoms with Crippen molar-refractivity contribution in [3.8, 4) is 22.8 Å². The van der Waals surface area contributed by atoms with Crippen molar-refractivity contribution in [2.75, 3.05) is 18.9 Å². The van der Waals surface area contributed by atoms with Gasteiger partial charge >= 0.3 is 0 Å². The smallest absolute Gasteiger partial charge is 0.266 e. The summed E-state index contributed by atoms with van der Waals surface area (Å²) in [7, 11) is -1.24. The van der Waals surface area contributed by atoms with Gasteiger partial charge in [-0.05, 0) is 30.3 Å². The van der Waals surface area contributed by atoms with Crippen LogP contribution in [0.4, 0.5) is 13.9 Å². The van der Waals surface area contributed by atoms with Gasteiger partial charge in [-0.2, -0.15) is 0 Å². The van der Waals surface area contributed by atoms with E-state index in [0.717, 1.165) is 23.5 Å². The zero-order valence-electron chi connectivity index (χ0n) is 14.2. The van der Waals surface area contributed by atoms with E-state index in [1.54, 1.807) is 23.6 Å². The van der Waals surface area contributed by atoms with Crippen molar-refractivity contribution >= 4 is 26.5 Å². The fourth-order valence-corrected chi connectivity index (χ4v) is 4.35. The topological polar surface area (TPSA) is 77.5 Å². The maximum Gasteiger partial charge on any atom is 0.266 e. The van der Waals surface area contributed by atoms with Crippen molar-refractivity contribution < 1.29 is 26.7 Å². The number of aromatic nitrogens is 1. The standard InChI is InChI=1S/C17H14F2N2O4S2/c1-24-11-4-5-15(25-2)12(8-11)14-9-26-17(20-14)21-27(22,23)16-6-3-10(18)7-13(16)19/h3-9H,1-2H3,(H,20,21). The normalized spacial score (nSPS) is 11.3. The van der Waals surface area contributed by atoms with Crippen LogP contribution in [0.25, 0.3) is 11.3 Å². The van der Waals surface area contributed by atoms with Crippen LogP contribution in [0.5, 0.6) is 11.5 Å². The summed E-state index contributed by atoms with van der Waals surface area (Å²) < 4.78 is 64.2. The molecule has 0 aliphatic carbocycles. The lowest BCUT2D eigenvalue weighted by Gasteiger charge is -2.08. The lowest BCUT2D eigenvalue weighted by molar-refractivity contribution is 0.404. The van der Waals surface area contributed by atoms with Crippen molar-refractivity contribution in [1.29, 1.82) is 0 Å². The molecule has 27 heavy (non-hydrogen) atoms. The van der Waals surface area contributed by atoms with Gasteiger partial charge in [-0.1, -0.05) is 0 Å². The van der Waals surface area contributed by atoms with E-state index in [2.05, 4.69) is 9.71 Å². The molecule has 0 aliphatic heterocycles. The molecular weight excluding hydrogens is 398 g/mol. The van der Waals surface area contributed by atoms with Gasteiger partial charge in [-0.3, -0.25) is 4.72 Å². The van der Waals surface area contributed by atoms with Crippen molar-refractivity contribution in [1.82, 2.24) is 4.98 Å². The van der Waals surface area contributed by atoms with Crippen LogP contribution >= 0.6 is 11.3 Å². The molecule has 142 valence electrons. The van der Waals surface area contributed by atoms with Crippen LogP contribution in [0.2, 0.25) is 0 Å². The SMILES string of the molecule is COc1ccc(OC)c(-c2csc(NS(=O)(=O)c3ccc(F)cc3F)n2)c1. The minimum atomic E-state index is -4.26. The summed E-state index contributed by atoms with van der Waals surface area (Å²) >= 11 is 1.01. The number of ether oxygens (including phenoxy) is 2. The molecule has 0 saturated heterocycles. The predicted molar refractivity (Wildman–Crippen MR) is 97.8 cm³/mol. The molecule has 0 unspecified atom stereocenters. The van der Waals surface area contributed by atoms with E-state index in [-0.39, 0.29) is 5.13 Å². The Morgan fingerprint density at radius 3 is 2.52 bits per heavy atom. The van der Waals surface area contributed by atoms with Gasteiger partial charge in [0.05, 0.1) is 19.9 Å². The zero-order chi connectivity index (χ0) is 19.6. The van der Waals surface area contributed by atoms with Gasteiger partial charge in [0.15, 0.2) is 5.13 Å². The predicted octanol–water partition coefficient (Wildman–Crippen LogP) is 3.91. The fraction of sp³-hybridized carbons (Fsp3) is 0.118. The monoisotopic (exact) mass is 412 g/mol. The molecule has 3 rings (SSSR count). The number of nitrogens with one attached hydrogen (secondary N) is 1. The number of anilines is 1. The van der Waals surface area contributed by atoms with Crippen molar-refractivity contribution in [2.45, 2.75) is 4.90 Å². The Morgan fingerprint density at radius 2 is 1.85 bits per heavy atom. The van der Waals surface area contributed by atoms with Crippen molar-refractivity contribution in [2.24, 2.45) is 0 Å². The largest absolute Gasteiger partial charge is 0.497 e. The third-order valence-corrected chi connectivity index (χ3v) is 5.85. The highest BCUT2D eigenvalue weighted by Crippen LogP contribution is 2.35. The van der Waals surface area contributed by atoms with Crippen molar-refractivity contribution in [3.05, 3.63) is 53.4 Å². The number of benzene rings is 2. The zero-order valence-corrected chi connectivity index (χ0v) is 15.8. The van der Waals surface area contributed by atoms with Crippen molar-refractivity contribution in [3.63, 3.8) is 0 Å². The Kier molecular flexibility index (Phi) is 5.29. The molecule has 0 spiro atoms. The average molecular weight is 412 g/mol. The number of hydrogen-bond donors (Lipinski definition) is 1. The first-order valence-corrected chi connectivity index (χ1v) is 9.86. The third kappa shape index (κ3) is 4.01. The Hall–Kier alpha value is -2.72. The molecule has 1 N–H and O–H groups in total. The molecule has 0 bridgehead atoms. The first-order chi connectivity index (χ1) is 12.8. The highest BCUT2D eigenvalue weighted by Gasteiger charge is 2.21. The molecule has 1 heterocycles. The summed E-state index contributed by atoms with van der Waals surface area (Å²) in [6.45, 7) is 0. The number of rotatable bonds is 6. The summed E-state index contributed by atoms with van der Waals surface area (Å²) in [4.78, 5) is 3.55. The molecule has 2 aromatic carbocycles. The van der Waals surface area contributed by atoms with Crippen LogP contribution in [-0.4, -0.2) is 27.6 Å². The summed E-state index contributed by atoms with van der Waals surface area (Å²) in [5, 5.41) is 1.65. The Morgan fingerprint density at radius 1 is 1.07 bits per heavy atom. The summed E-state index contributed by atoms with van der Waals surface area (Å²) in [5.41, 5.74) is 1.06. The molecule has 0 saturated carbocycles. The van der Waals surface area contributed by atoms with Crippen LogP contribution < -0.4 is 14.2 Å². The van der Waals surface area contributed by atoms with Gasteiger partial charge in [0.2, 0.25) is 0 Å². The molecule has 0 amide bonds. The van der Waals surface area contributed by atoms with E-state index in [9.17, 15) is 17.2 Å². The molecular formula is C17H14F2N2O4S2. The number of methoxy groups -OCH3 is 2. The number of nitrogens with zero attached hydrogens (tertiary/aromatic N) is 1. The summed E-state index contributed by atoms with van der Waals surface area (Å²) in [6, 6.07) is 7.34. The number of thiazole rings is 1. The fourth-order valence-electron chi connectivity index (χ4n) is 2.32. The maximum absolute atomic E-state index is 13.8. The average Bonchev–Trinajstić information content (AvgIpc) is 3.08. The van der Waals surface area contributed by atoms with E-state index in [4.69, 9.17) is 9.47 Å². The van der Waals surface area contributed by atoms with Crippen LogP contribution in [0.1, 0.15) is 0 Å². The number of halogens is 2. The third-order valence-electron chi connectivity index (χ3n) is 3.59. The highest BCUT2D eigenvalue weighted by atomic mass is 32.2. The molecule has 0 fully saturated rings. The second-order valence-electron chi connectivity index (χ2n) is 5.28. The molecule has 0 radical (unpaired) electrons. The maximum atomic E-state index is 13.8. The molecule has 3 aromatic rings. The minimum absolute atomic E-state index is 0.0265. The van der Waals surface area contributed by atoms with E-state index < -0.39 is 26.6 Å². The number of hydrogen-bond acceptors (Lipinski definition) is 6. The van der Waals surface area contributed by atoms with Gasteiger partial charge in [0.25, 0.3) is 10.0 Å². The summed E-state index contributed by atoms with van der Waals surface area (Å²) in [6.07, 6.45) is 0. The van der Waals surface area contributed by atoms with Gasteiger partial charge in [0, 0.05) is 17.0 Å². The molecule has 10 heteroatoms. The molecule has 0 atom stereocenters. The quantitative estimate of drug-likeness (QED) is 0.664. The lowest BCUT2D eigenvalue weighted by atomic mass is 10.1. The first kappa shape index (κ1) is 19.1. The first-order valence-electron chi connectivity index (χ1n) is 7.50. The van der Waals surface area contributed by atoms with Crippen LogP contribution in [0, 0.1) is 11.6 Å². The van der Waals surface area contributed by atoms with Crippen LogP contribution in [0.15, 0.2) is 46.7 Å². The van der Waals surface area contributed by atoms with E-state index >= 15 is 0 Å². The Bertz CT molecular complexity index is 1080. The molecule has 6 nitrogen and oxygen atoms in total. The molecule has 0 aliphatic rings. The second kappa shape index (κ2) is 7.49. The second-order valence-corrected chi connectivity index (χ2v) is 7.79. The lowest BCUT2D eigenvalue weighted by Crippen LogP contribution is -2.14. The van der Waals surface area contributed by atoms with Gasteiger partial charge in [0.1, 0.15) is 28.0 Å². The molecule has 1 aromatic heterocycles.